The van der Waals surface area contributed by atoms with Crippen LogP contribution in [0.25, 0.3) is 11.6 Å². The lowest BCUT2D eigenvalue weighted by molar-refractivity contribution is -0.121. The van der Waals surface area contributed by atoms with Crippen LogP contribution >= 0.6 is 11.6 Å². The van der Waals surface area contributed by atoms with Crippen molar-refractivity contribution in [2.45, 2.75) is 44.1 Å². The van der Waals surface area contributed by atoms with Gasteiger partial charge < -0.3 is 10.3 Å². The van der Waals surface area contributed by atoms with Crippen LogP contribution in [0.4, 0.5) is 13.2 Å². The lowest BCUT2D eigenvalue weighted by Gasteiger charge is -2.14. The van der Waals surface area contributed by atoms with Crippen LogP contribution in [0.3, 0.4) is 0 Å². The number of nitrogens with two attached hydrogens (primary N) is 1. The van der Waals surface area contributed by atoms with Gasteiger partial charge in [0.25, 0.3) is 12.3 Å². The van der Waals surface area contributed by atoms with E-state index >= 15 is 0 Å². The summed E-state index contributed by atoms with van der Waals surface area (Å²) in [5.74, 6) is -1.00. The zero-order valence-electron chi connectivity index (χ0n) is 15.8. The maximum absolute atomic E-state index is 13.5. The summed E-state index contributed by atoms with van der Waals surface area (Å²) in [4.78, 5) is 16.0. The van der Waals surface area contributed by atoms with E-state index in [0.717, 1.165) is 10.7 Å². The quantitative estimate of drug-likeness (QED) is 0.595. The van der Waals surface area contributed by atoms with Crippen molar-refractivity contribution in [3.8, 4) is 11.6 Å². The standard InChI is InChI=1S/C19H17ClF3N5O2/c1-2-13(16(24)29)28-14(15(22)23)8-12(26-28)17-25-18(27-30-17)19(5-6-19)10-4-3-9(21)7-11(10)20/h3-4,7-8,13,15H,2,5-6H2,1H3,(H2,24,29)/t13-/m0/s1. The van der Waals surface area contributed by atoms with Crippen molar-refractivity contribution in [1.82, 2.24) is 19.9 Å². The van der Waals surface area contributed by atoms with Crippen molar-refractivity contribution in [2.24, 2.45) is 5.73 Å². The molecular formula is C19H17ClF3N5O2. The minimum Gasteiger partial charge on any atom is -0.368 e. The fraction of sp³-hybridized carbons (Fsp3) is 0.368. The van der Waals surface area contributed by atoms with E-state index in [1.807, 2.05) is 0 Å². The molecule has 11 heteroatoms. The molecule has 1 aromatic carbocycles. The van der Waals surface area contributed by atoms with Crippen LogP contribution in [0, 0.1) is 5.82 Å². The Morgan fingerprint density at radius 3 is 2.67 bits per heavy atom. The molecule has 1 saturated carbocycles. The first-order chi connectivity index (χ1) is 14.3. The van der Waals surface area contributed by atoms with Crippen LogP contribution < -0.4 is 5.73 Å². The third-order valence-electron chi connectivity index (χ3n) is 5.27. The molecule has 0 aliphatic heterocycles. The minimum absolute atomic E-state index is 0.00440. The van der Waals surface area contributed by atoms with E-state index in [-0.39, 0.29) is 23.0 Å². The smallest absolute Gasteiger partial charge is 0.280 e. The van der Waals surface area contributed by atoms with Gasteiger partial charge in [-0.25, -0.2) is 13.2 Å². The SMILES string of the molecule is CC[C@@H](C(N)=O)n1nc(-c2nc(C3(c4ccc(F)cc4Cl)CC3)no2)cc1C(F)F. The Bertz CT molecular complexity index is 1110. The number of amides is 1. The van der Waals surface area contributed by atoms with Gasteiger partial charge in [-0.15, -0.1) is 0 Å². The highest BCUT2D eigenvalue weighted by molar-refractivity contribution is 6.31. The molecule has 3 aromatic rings. The number of carbonyl (C=O) groups excluding carboxylic acids is 1. The van der Waals surface area contributed by atoms with Gasteiger partial charge in [-0.05, 0) is 43.0 Å². The molecule has 1 atom stereocenters. The van der Waals surface area contributed by atoms with E-state index in [1.54, 1.807) is 13.0 Å². The second-order valence-electron chi connectivity index (χ2n) is 7.16. The van der Waals surface area contributed by atoms with Crippen molar-refractivity contribution >= 4 is 17.5 Å². The van der Waals surface area contributed by atoms with Gasteiger partial charge in [-0.3, -0.25) is 9.48 Å². The van der Waals surface area contributed by atoms with Gasteiger partial charge in [-0.2, -0.15) is 10.1 Å². The van der Waals surface area contributed by atoms with Crippen molar-refractivity contribution < 1.29 is 22.5 Å². The second kappa shape index (κ2) is 7.42. The van der Waals surface area contributed by atoms with Crippen LogP contribution in [0.2, 0.25) is 5.02 Å². The van der Waals surface area contributed by atoms with E-state index in [9.17, 15) is 18.0 Å². The second-order valence-corrected chi connectivity index (χ2v) is 7.56. The number of hydrogen-bond donors (Lipinski definition) is 1. The molecular weight excluding hydrogens is 423 g/mol. The molecule has 158 valence electrons. The number of carbonyl (C=O) groups is 1. The number of benzene rings is 1. The highest BCUT2D eigenvalue weighted by Gasteiger charge is 2.51. The fourth-order valence-corrected chi connectivity index (χ4v) is 3.91. The van der Waals surface area contributed by atoms with E-state index in [2.05, 4.69) is 15.2 Å². The molecule has 0 spiro atoms. The molecule has 0 radical (unpaired) electrons. The fourth-order valence-electron chi connectivity index (χ4n) is 3.56. The molecule has 7 nitrogen and oxygen atoms in total. The highest BCUT2D eigenvalue weighted by Crippen LogP contribution is 2.54. The Morgan fingerprint density at radius 2 is 2.10 bits per heavy atom. The lowest BCUT2D eigenvalue weighted by Crippen LogP contribution is -2.28. The molecule has 2 N–H and O–H groups in total. The Morgan fingerprint density at radius 1 is 1.37 bits per heavy atom. The van der Waals surface area contributed by atoms with Crippen molar-refractivity contribution in [3.05, 3.63) is 52.2 Å². The largest absolute Gasteiger partial charge is 0.368 e. The number of halogens is 4. The number of rotatable bonds is 7. The van der Waals surface area contributed by atoms with Gasteiger partial charge in [0, 0.05) is 5.02 Å². The average molecular weight is 440 g/mol. The predicted octanol–water partition coefficient (Wildman–Crippen LogP) is 4.18. The summed E-state index contributed by atoms with van der Waals surface area (Å²) in [6, 6.07) is 4.15. The first kappa shape index (κ1) is 20.4. The Kier molecular flexibility index (Phi) is 5.05. The first-order valence-corrected chi connectivity index (χ1v) is 9.61. The number of aromatic nitrogens is 4. The zero-order chi connectivity index (χ0) is 21.6. The zero-order valence-corrected chi connectivity index (χ0v) is 16.5. The van der Waals surface area contributed by atoms with Gasteiger partial charge in [0.1, 0.15) is 17.6 Å². The van der Waals surface area contributed by atoms with Crippen molar-refractivity contribution in [2.75, 3.05) is 0 Å². The molecule has 0 bridgehead atoms. The minimum atomic E-state index is -2.88. The van der Waals surface area contributed by atoms with Crippen molar-refractivity contribution in [1.29, 1.82) is 0 Å². The maximum atomic E-state index is 13.5. The van der Waals surface area contributed by atoms with Crippen LogP contribution in [0.5, 0.6) is 0 Å². The van der Waals surface area contributed by atoms with Crippen LogP contribution in [0.15, 0.2) is 28.8 Å². The van der Waals surface area contributed by atoms with Crippen LogP contribution in [-0.4, -0.2) is 25.8 Å². The van der Waals surface area contributed by atoms with Gasteiger partial charge in [-0.1, -0.05) is 29.7 Å². The molecule has 4 rings (SSSR count). The molecule has 0 unspecified atom stereocenters. The third kappa shape index (κ3) is 3.34. The summed E-state index contributed by atoms with van der Waals surface area (Å²) in [6.45, 7) is 1.64. The maximum Gasteiger partial charge on any atom is 0.280 e. The van der Waals surface area contributed by atoms with E-state index < -0.39 is 35.3 Å². The number of nitrogens with zero attached hydrogens (tertiary/aromatic N) is 4. The van der Waals surface area contributed by atoms with Gasteiger partial charge in [0.2, 0.25) is 5.91 Å². The predicted molar refractivity (Wildman–Crippen MR) is 100 cm³/mol. The Balaban J connectivity index is 1.72. The van der Waals surface area contributed by atoms with E-state index in [0.29, 0.717) is 24.2 Å². The number of alkyl halides is 2. The number of primary amides is 1. The summed E-state index contributed by atoms with van der Waals surface area (Å²) in [6.07, 6.45) is -1.34. The lowest BCUT2D eigenvalue weighted by atomic mass is 9.95. The molecule has 1 aliphatic rings. The normalized spacial score (nSPS) is 16.1. The summed E-state index contributed by atoms with van der Waals surface area (Å²) in [5, 5.41) is 8.31. The summed E-state index contributed by atoms with van der Waals surface area (Å²) in [5.41, 5.74) is 4.89. The average Bonchev–Trinajstić information content (AvgIpc) is 3.13. The Labute approximate surface area is 174 Å². The van der Waals surface area contributed by atoms with E-state index in [4.69, 9.17) is 21.9 Å². The number of hydrogen-bond acceptors (Lipinski definition) is 5. The summed E-state index contributed by atoms with van der Waals surface area (Å²) < 4.78 is 46.6. The first-order valence-electron chi connectivity index (χ1n) is 9.24. The molecule has 30 heavy (non-hydrogen) atoms. The Hall–Kier alpha value is -2.88. The molecule has 2 heterocycles. The topological polar surface area (TPSA) is 99.8 Å². The molecule has 1 aliphatic carbocycles. The van der Waals surface area contributed by atoms with Crippen molar-refractivity contribution in [3.63, 3.8) is 0 Å². The van der Waals surface area contributed by atoms with E-state index in [1.165, 1.54) is 12.1 Å². The van der Waals surface area contributed by atoms with Gasteiger partial charge in [0.15, 0.2) is 11.5 Å². The molecule has 1 fully saturated rings. The third-order valence-corrected chi connectivity index (χ3v) is 5.58. The monoisotopic (exact) mass is 439 g/mol. The summed E-state index contributed by atoms with van der Waals surface area (Å²) in [7, 11) is 0. The van der Waals surface area contributed by atoms with Gasteiger partial charge in [0.05, 0.1) is 5.41 Å². The van der Waals surface area contributed by atoms with Gasteiger partial charge >= 0.3 is 0 Å². The molecule has 1 amide bonds. The molecule has 2 aromatic heterocycles. The highest BCUT2D eigenvalue weighted by atomic mass is 35.5. The van der Waals surface area contributed by atoms with Crippen LogP contribution in [0.1, 0.15) is 55.7 Å². The molecule has 0 saturated heterocycles. The van der Waals surface area contributed by atoms with Crippen LogP contribution in [-0.2, 0) is 10.2 Å². The summed E-state index contributed by atoms with van der Waals surface area (Å²) >= 11 is 6.20.